The monoisotopic (exact) mass is 406 g/mol. The van der Waals surface area contributed by atoms with Crippen molar-refractivity contribution in [3.63, 3.8) is 0 Å². The van der Waals surface area contributed by atoms with Gasteiger partial charge in [-0.25, -0.2) is 4.79 Å². The number of methoxy groups -OCH3 is 1. The summed E-state index contributed by atoms with van der Waals surface area (Å²) in [5.41, 5.74) is 0.788. The van der Waals surface area contributed by atoms with E-state index in [1.807, 2.05) is 0 Å². The van der Waals surface area contributed by atoms with E-state index in [1.165, 1.54) is 67.8 Å². The predicted octanol–water partition coefficient (Wildman–Crippen LogP) is 3.93. The van der Waals surface area contributed by atoms with Crippen molar-refractivity contribution in [3.8, 4) is 28.7 Å². The van der Waals surface area contributed by atoms with Gasteiger partial charge in [0.25, 0.3) is 0 Å². The highest BCUT2D eigenvalue weighted by Crippen LogP contribution is 2.28. The molecule has 0 aliphatic carbocycles. The van der Waals surface area contributed by atoms with E-state index in [2.05, 4.69) is 0 Å². The molecular formula is C23H18O7. The number of phenols is 3. The maximum absolute atomic E-state index is 12.6. The molecule has 0 unspecified atom stereocenters. The van der Waals surface area contributed by atoms with Crippen LogP contribution < -0.4 is 9.47 Å². The fourth-order valence-electron chi connectivity index (χ4n) is 2.59. The van der Waals surface area contributed by atoms with Gasteiger partial charge in [-0.2, -0.15) is 0 Å². The van der Waals surface area contributed by atoms with Gasteiger partial charge in [-0.3, -0.25) is 4.79 Å². The molecule has 3 rings (SSSR count). The molecule has 30 heavy (non-hydrogen) atoms. The van der Waals surface area contributed by atoms with E-state index in [0.717, 1.165) is 0 Å². The highest BCUT2D eigenvalue weighted by atomic mass is 16.5. The normalized spacial score (nSPS) is 10.7. The Balaban J connectivity index is 1.83. The van der Waals surface area contributed by atoms with Crippen LogP contribution in [0.3, 0.4) is 0 Å². The Kier molecular flexibility index (Phi) is 6.03. The fraction of sp³-hybridized carbons (Fsp3) is 0.0435. The SMILES string of the molecule is COc1ccc(C(=O)Oc2cc(O)ccc2C(=O)/C=C/c2ccc(O)c(O)c2)cc1. The van der Waals surface area contributed by atoms with Crippen molar-refractivity contribution in [2.24, 2.45) is 0 Å². The Hall–Kier alpha value is -4.26. The van der Waals surface area contributed by atoms with Crippen molar-refractivity contribution in [1.82, 2.24) is 0 Å². The van der Waals surface area contributed by atoms with E-state index in [-0.39, 0.29) is 34.1 Å². The lowest BCUT2D eigenvalue weighted by molar-refractivity contribution is 0.0733. The first-order chi connectivity index (χ1) is 14.4. The molecule has 0 fully saturated rings. The summed E-state index contributed by atoms with van der Waals surface area (Å²) in [7, 11) is 1.50. The zero-order valence-electron chi connectivity index (χ0n) is 15.9. The second-order valence-corrected chi connectivity index (χ2v) is 6.24. The van der Waals surface area contributed by atoms with Crippen LogP contribution in [0.4, 0.5) is 0 Å². The van der Waals surface area contributed by atoms with Crippen molar-refractivity contribution >= 4 is 17.8 Å². The number of allylic oxidation sites excluding steroid dienone is 1. The summed E-state index contributed by atoms with van der Waals surface area (Å²) in [4.78, 5) is 25.0. The quantitative estimate of drug-likeness (QED) is 0.187. The van der Waals surface area contributed by atoms with Crippen molar-refractivity contribution in [3.05, 3.63) is 83.4 Å². The molecule has 3 aromatic rings. The third kappa shape index (κ3) is 4.77. The maximum atomic E-state index is 12.6. The third-order valence-electron chi connectivity index (χ3n) is 4.19. The maximum Gasteiger partial charge on any atom is 0.343 e. The van der Waals surface area contributed by atoms with E-state index in [9.17, 15) is 24.9 Å². The molecule has 0 aliphatic heterocycles. The van der Waals surface area contributed by atoms with Crippen molar-refractivity contribution in [2.75, 3.05) is 7.11 Å². The topological polar surface area (TPSA) is 113 Å². The number of hydrogen-bond donors (Lipinski definition) is 3. The minimum Gasteiger partial charge on any atom is -0.508 e. The van der Waals surface area contributed by atoms with Crippen LogP contribution in [0.15, 0.2) is 66.7 Å². The number of carbonyl (C=O) groups is 2. The van der Waals surface area contributed by atoms with Crippen LogP contribution >= 0.6 is 0 Å². The van der Waals surface area contributed by atoms with Gasteiger partial charge in [0.2, 0.25) is 0 Å². The molecule has 7 heteroatoms. The Labute approximate surface area is 172 Å². The average Bonchev–Trinajstić information content (AvgIpc) is 2.74. The predicted molar refractivity (Wildman–Crippen MR) is 109 cm³/mol. The van der Waals surface area contributed by atoms with Crippen LogP contribution in [0.1, 0.15) is 26.3 Å². The second-order valence-electron chi connectivity index (χ2n) is 6.24. The summed E-state index contributed by atoms with van der Waals surface area (Å²) in [5, 5.41) is 28.6. The summed E-state index contributed by atoms with van der Waals surface area (Å²) in [5.74, 6) is -1.47. The zero-order valence-corrected chi connectivity index (χ0v) is 15.9. The number of aromatic hydroxyl groups is 3. The van der Waals surface area contributed by atoms with Crippen LogP contribution in [0.25, 0.3) is 6.08 Å². The number of phenolic OH excluding ortho intramolecular Hbond substituents is 3. The second kappa shape index (κ2) is 8.83. The van der Waals surface area contributed by atoms with Gasteiger partial charge in [0, 0.05) is 6.07 Å². The molecule has 152 valence electrons. The highest BCUT2D eigenvalue weighted by Gasteiger charge is 2.16. The standard InChI is InChI=1S/C23H18O7/c1-29-17-7-4-15(5-8-17)23(28)30-22-13-16(24)6-9-18(22)19(25)10-2-14-3-11-20(26)21(27)12-14/h2-13,24,26-27H,1H3/b10-2+. The van der Waals surface area contributed by atoms with Crippen molar-refractivity contribution in [1.29, 1.82) is 0 Å². The molecule has 0 aliphatic rings. The average molecular weight is 406 g/mol. The molecular weight excluding hydrogens is 388 g/mol. The minimum absolute atomic E-state index is 0.0638. The number of rotatable bonds is 6. The summed E-state index contributed by atoms with van der Waals surface area (Å²) < 4.78 is 10.4. The lowest BCUT2D eigenvalue weighted by Gasteiger charge is -2.09. The van der Waals surface area contributed by atoms with E-state index < -0.39 is 11.8 Å². The Morgan fingerprint density at radius 2 is 1.60 bits per heavy atom. The van der Waals surface area contributed by atoms with Gasteiger partial charge in [-0.1, -0.05) is 12.1 Å². The molecule has 0 aromatic heterocycles. The summed E-state index contributed by atoms with van der Waals surface area (Å²) in [6.07, 6.45) is 2.66. The van der Waals surface area contributed by atoms with Gasteiger partial charge in [0.05, 0.1) is 18.2 Å². The lowest BCUT2D eigenvalue weighted by Crippen LogP contribution is -2.11. The summed E-state index contributed by atoms with van der Waals surface area (Å²) in [6, 6.07) is 14.1. The Morgan fingerprint density at radius 1 is 0.867 bits per heavy atom. The first-order valence-electron chi connectivity index (χ1n) is 8.81. The van der Waals surface area contributed by atoms with Gasteiger partial charge in [0.1, 0.15) is 17.2 Å². The number of carbonyl (C=O) groups excluding carboxylic acids is 2. The molecule has 0 atom stereocenters. The molecule has 3 aromatic carbocycles. The van der Waals surface area contributed by atoms with E-state index in [0.29, 0.717) is 11.3 Å². The largest absolute Gasteiger partial charge is 0.508 e. The molecule has 0 heterocycles. The van der Waals surface area contributed by atoms with Crippen molar-refractivity contribution in [2.45, 2.75) is 0 Å². The van der Waals surface area contributed by atoms with Crippen LogP contribution in [-0.4, -0.2) is 34.2 Å². The smallest absolute Gasteiger partial charge is 0.343 e. The van der Waals surface area contributed by atoms with E-state index in [1.54, 1.807) is 12.1 Å². The van der Waals surface area contributed by atoms with Crippen molar-refractivity contribution < 1.29 is 34.4 Å². The lowest BCUT2D eigenvalue weighted by atomic mass is 10.1. The molecule has 0 amide bonds. The molecule has 0 saturated carbocycles. The summed E-state index contributed by atoms with van der Waals surface area (Å²) >= 11 is 0. The molecule has 0 saturated heterocycles. The van der Waals surface area contributed by atoms with E-state index in [4.69, 9.17) is 9.47 Å². The zero-order chi connectivity index (χ0) is 21.7. The number of ketones is 1. The third-order valence-corrected chi connectivity index (χ3v) is 4.19. The number of hydrogen-bond acceptors (Lipinski definition) is 7. The summed E-state index contributed by atoms with van der Waals surface area (Å²) in [6.45, 7) is 0. The fourth-order valence-corrected chi connectivity index (χ4v) is 2.59. The van der Waals surface area contributed by atoms with Crippen LogP contribution in [0.5, 0.6) is 28.7 Å². The molecule has 7 nitrogen and oxygen atoms in total. The van der Waals surface area contributed by atoms with Crippen LogP contribution in [0, 0.1) is 0 Å². The van der Waals surface area contributed by atoms with E-state index >= 15 is 0 Å². The van der Waals surface area contributed by atoms with Gasteiger partial charge in [-0.05, 0) is 60.2 Å². The first-order valence-corrected chi connectivity index (χ1v) is 8.81. The Bertz CT molecular complexity index is 1110. The van der Waals surface area contributed by atoms with Gasteiger partial charge in [0.15, 0.2) is 17.3 Å². The first kappa shape index (κ1) is 20.5. The Morgan fingerprint density at radius 3 is 2.27 bits per heavy atom. The number of esters is 1. The highest BCUT2D eigenvalue weighted by molar-refractivity contribution is 6.09. The van der Waals surface area contributed by atoms with Crippen LogP contribution in [0.2, 0.25) is 0 Å². The minimum atomic E-state index is -0.704. The number of benzene rings is 3. The number of ether oxygens (including phenoxy) is 2. The molecule has 0 spiro atoms. The molecule has 0 radical (unpaired) electrons. The van der Waals surface area contributed by atoms with Crippen LogP contribution in [-0.2, 0) is 0 Å². The van der Waals surface area contributed by atoms with Gasteiger partial charge >= 0.3 is 5.97 Å². The van der Waals surface area contributed by atoms with Gasteiger partial charge in [-0.15, -0.1) is 0 Å². The molecule has 0 bridgehead atoms. The molecule has 3 N–H and O–H groups in total. The van der Waals surface area contributed by atoms with Gasteiger partial charge < -0.3 is 24.8 Å².